The molecule has 0 saturated heterocycles. The van der Waals surface area contributed by atoms with E-state index < -0.39 is 15.8 Å². The van der Waals surface area contributed by atoms with Gasteiger partial charge in [0.05, 0.1) is 6.54 Å². The predicted molar refractivity (Wildman–Crippen MR) is 103 cm³/mol. The second-order valence-electron chi connectivity index (χ2n) is 7.46. The number of hydrogen-bond acceptors (Lipinski definition) is 5. The molecule has 2 aromatic rings. The lowest BCUT2D eigenvalue weighted by atomic mass is 10.1. The van der Waals surface area contributed by atoms with Crippen LogP contribution in [0.15, 0.2) is 27.9 Å². The summed E-state index contributed by atoms with van der Waals surface area (Å²) in [5.41, 5.74) is 0.479. The van der Waals surface area contributed by atoms with Gasteiger partial charge in [-0.05, 0) is 51.6 Å². The van der Waals surface area contributed by atoms with Crippen LogP contribution >= 0.6 is 0 Å². The van der Waals surface area contributed by atoms with Crippen molar-refractivity contribution in [3.05, 3.63) is 45.9 Å². The number of aryl methyl sites for hydroxylation is 2. The van der Waals surface area contributed by atoms with Crippen molar-refractivity contribution in [1.29, 1.82) is 0 Å². The van der Waals surface area contributed by atoms with E-state index in [1.165, 1.54) is 16.8 Å². The largest absolute Gasteiger partial charge is 0.345 e. The third-order valence-electron chi connectivity index (χ3n) is 4.87. The van der Waals surface area contributed by atoms with E-state index in [-0.39, 0.29) is 16.6 Å². The number of halogens is 1. The lowest BCUT2D eigenvalue weighted by Crippen LogP contribution is -2.36. The number of likely N-dealkylation sites (N-methyl/N-ethyl adjacent to an activating group) is 1. The number of rotatable bonds is 6. The molecule has 3 rings (SSSR count). The van der Waals surface area contributed by atoms with Gasteiger partial charge >= 0.3 is 5.69 Å². The second-order valence-corrected chi connectivity index (χ2v) is 9.14. The Kier molecular flexibility index (Phi) is 6.01. The van der Waals surface area contributed by atoms with E-state index in [4.69, 9.17) is 0 Å². The maximum Gasteiger partial charge on any atom is 0.345 e. The first-order chi connectivity index (χ1) is 13.2. The van der Waals surface area contributed by atoms with Crippen LogP contribution < -0.4 is 10.4 Å². The highest BCUT2D eigenvalue weighted by atomic mass is 32.2. The van der Waals surface area contributed by atoms with E-state index in [2.05, 4.69) is 9.82 Å². The average Bonchev–Trinajstić information content (AvgIpc) is 2.76. The van der Waals surface area contributed by atoms with Gasteiger partial charge in [-0.3, -0.25) is 4.57 Å². The van der Waals surface area contributed by atoms with E-state index >= 15 is 0 Å². The van der Waals surface area contributed by atoms with Gasteiger partial charge in [-0.25, -0.2) is 27.0 Å². The van der Waals surface area contributed by atoms with Crippen LogP contribution in [0.4, 0.5) is 4.39 Å². The van der Waals surface area contributed by atoms with Crippen LogP contribution in [0.2, 0.25) is 0 Å². The monoisotopic (exact) mass is 411 g/mol. The number of nitrogens with one attached hydrogen (secondary N) is 1. The number of nitrogens with zero attached hydrogens (tertiary/aromatic N) is 4. The Hall–Kier alpha value is -2.04. The number of sulfonamides is 1. The van der Waals surface area contributed by atoms with Gasteiger partial charge in [-0.15, -0.1) is 0 Å². The molecular formula is C18H26FN5O3S. The van der Waals surface area contributed by atoms with Gasteiger partial charge in [0, 0.05) is 25.6 Å². The summed E-state index contributed by atoms with van der Waals surface area (Å²) in [6.45, 7) is 3.29. The highest BCUT2D eigenvalue weighted by Crippen LogP contribution is 2.19. The van der Waals surface area contributed by atoms with Crippen LogP contribution in [0.5, 0.6) is 0 Å². The van der Waals surface area contributed by atoms with E-state index in [1.807, 2.05) is 19.0 Å². The van der Waals surface area contributed by atoms with E-state index in [0.29, 0.717) is 50.3 Å². The van der Waals surface area contributed by atoms with Crippen LogP contribution in [0, 0.1) is 12.7 Å². The molecule has 0 amide bonds. The van der Waals surface area contributed by atoms with Crippen LogP contribution in [-0.2, 0) is 29.5 Å². The lowest BCUT2D eigenvalue weighted by molar-refractivity contribution is 0.367. The van der Waals surface area contributed by atoms with Crippen molar-refractivity contribution in [3.63, 3.8) is 0 Å². The summed E-state index contributed by atoms with van der Waals surface area (Å²) in [6.07, 6.45) is 1.42. The van der Waals surface area contributed by atoms with Crippen LogP contribution in [0.3, 0.4) is 0 Å². The minimum atomic E-state index is -3.97. The SMILES string of the molecule is Cc1ccc(S(=O)(=O)NC2CCc3nn(CCN(C)C)c(=O)n3CC2)c(F)c1. The minimum Gasteiger partial charge on any atom is -0.308 e. The van der Waals surface area contributed by atoms with Gasteiger partial charge < -0.3 is 4.90 Å². The topological polar surface area (TPSA) is 89.2 Å². The molecule has 0 saturated carbocycles. The Morgan fingerprint density at radius 1 is 1.32 bits per heavy atom. The predicted octanol–water partition coefficient (Wildman–Crippen LogP) is 0.737. The molecule has 0 fully saturated rings. The third kappa shape index (κ3) is 4.50. The molecule has 28 heavy (non-hydrogen) atoms. The molecule has 1 aromatic carbocycles. The Bertz CT molecular complexity index is 1010. The fraction of sp³-hybridized carbons (Fsp3) is 0.556. The summed E-state index contributed by atoms with van der Waals surface area (Å²) in [4.78, 5) is 14.1. The molecule has 0 aliphatic carbocycles. The highest BCUT2D eigenvalue weighted by Gasteiger charge is 2.26. The van der Waals surface area contributed by atoms with Crippen LogP contribution in [-0.4, -0.2) is 54.3 Å². The van der Waals surface area contributed by atoms with Gasteiger partial charge in [0.25, 0.3) is 0 Å². The summed E-state index contributed by atoms with van der Waals surface area (Å²) in [7, 11) is -0.113. The van der Waals surface area contributed by atoms with Crippen LogP contribution in [0.1, 0.15) is 24.2 Å². The quantitative estimate of drug-likeness (QED) is 0.757. The Morgan fingerprint density at radius 2 is 2.07 bits per heavy atom. The zero-order valence-corrected chi connectivity index (χ0v) is 17.2. The van der Waals surface area contributed by atoms with Gasteiger partial charge in [-0.1, -0.05) is 6.07 Å². The maximum absolute atomic E-state index is 14.1. The number of fused-ring (bicyclic) bond motifs is 1. The first-order valence-corrected chi connectivity index (χ1v) is 10.8. The summed E-state index contributed by atoms with van der Waals surface area (Å²) < 4.78 is 44.9. The zero-order chi connectivity index (χ0) is 20.5. The second kappa shape index (κ2) is 8.14. The van der Waals surface area contributed by atoms with Crippen LogP contribution in [0.25, 0.3) is 0 Å². The Labute approximate surface area is 164 Å². The molecule has 154 valence electrons. The van der Waals surface area contributed by atoms with Gasteiger partial charge in [0.15, 0.2) is 0 Å². The third-order valence-corrected chi connectivity index (χ3v) is 6.43. The molecule has 1 aromatic heterocycles. The maximum atomic E-state index is 14.1. The minimum absolute atomic E-state index is 0.176. The standard InChI is InChI=1S/C18H26FN5O3S/c1-13-4-6-16(15(19)12-13)28(26,27)21-14-5-7-17-20-24(11-10-22(2)3)18(25)23(17)9-8-14/h4,6,12,14,21H,5,7-11H2,1-3H3. The first-order valence-electron chi connectivity index (χ1n) is 9.27. The molecule has 8 nitrogen and oxygen atoms in total. The zero-order valence-electron chi connectivity index (χ0n) is 16.4. The molecule has 1 atom stereocenters. The summed E-state index contributed by atoms with van der Waals surface area (Å²) in [5, 5.41) is 4.40. The Balaban J connectivity index is 1.71. The lowest BCUT2D eigenvalue weighted by Gasteiger charge is -2.16. The van der Waals surface area contributed by atoms with E-state index in [0.717, 1.165) is 0 Å². The molecule has 1 aliphatic rings. The molecule has 0 spiro atoms. The molecule has 10 heteroatoms. The fourth-order valence-electron chi connectivity index (χ4n) is 3.29. The van der Waals surface area contributed by atoms with Crippen molar-refractivity contribution < 1.29 is 12.8 Å². The fourth-order valence-corrected chi connectivity index (χ4v) is 4.66. The molecule has 0 bridgehead atoms. The van der Waals surface area contributed by atoms with Gasteiger partial charge in [0.2, 0.25) is 10.0 Å². The van der Waals surface area contributed by atoms with E-state index in [9.17, 15) is 17.6 Å². The summed E-state index contributed by atoms with van der Waals surface area (Å²) in [6, 6.07) is 3.66. The van der Waals surface area contributed by atoms with Crippen molar-refractivity contribution in [2.24, 2.45) is 0 Å². The molecule has 0 radical (unpaired) electrons. The average molecular weight is 412 g/mol. The van der Waals surface area contributed by atoms with Crippen molar-refractivity contribution in [3.8, 4) is 0 Å². The summed E-state index contributed by atoms with van der Waals surface area (Å²) in [5.74, 6) is -0.107. The smallest absolute Gasteiger partial charge is 0.308 e. The van der Waals surface area contributed by atoms with E-state index in [1.54, 1.807) is 17.6 Å². The molecular weight excluding hydrogens is 385 g/mol. The molecule has 1 aliphatic heterocycles. The van der Waals surface area contributed by atoms with Gasteiger partial charge in [-0.2, -0.15) is 5.10 Å². The van der Waals surface area contributed by atoms with Crippen molar-refractivity contribution in [2.75, 3.05) is 20.6 Å². The molecule has 2 heterocycles. The van der Waals surface area contributed by atoms with Crippen molar-refractivity contribution in [1.82, 2.24) is 24.0 Å². The first kappa shape index (κ1) is 20.7. The normalized spacial score (nSPS) is 17.5. The molecule has 1 unspecified atom stereocenters. The molecule has 1 N–H and O–H groups in total. The number of hydrogen-bond donors (Lipinski definition) is 1. The highest BCUT2D eigenvalue weighted by molar-refractivity contribution is 7.89. The van der Waals surface area contributed by atoms with Crippen molar-refractivity contribution in [2.45, 2.75) is 50.2 Å². The number of benzene rings is 1. The Morgan fingerprint density at radius 3 is 2.75 bits per heavy atom. The summed E-state index contributed by atoms with van der Waals surface area (Å²) >= 11 is 0. The number of aromatic nitrogens is 3. The van der Waals surface area contributed by atoms with Gasteiger partial charge in [0.1, 0.15) is 16.5 Å². The van der Waals surface area contributed by atoms with Crippen molar-refractivity contribution >= 4 is 10.0 Å².